The first kappa shape index (κ1) is 21.6. The molecule has 0 aliphatic carbocycles. The van der Waals surface area contributed by atoms with Crippen LogP contribution in [0.15, 0.2) is 48.5 Å². The van der Waals surface area contributed by atoms with Crippen molar-refractivity contribution in [1.82, 2.24) is 5.32 Å². The molecule has 2 aromatic rings. The SMILES string of the molecule is CCOc1ccc(CCNC(=O)CNc2ccccc2)cc1OCC.Cl. The van der Waals surface area contributed by atoms with Crippen LogP contribution in [0.25, 0.3) is 0 Å². The van der Waals surface area contributed by atoms with Crippen LogP contribution in [-0.2, 0) is 11.2 Å². The third kappa shape index (κ3) is 7.23. The molecule has 5 nitrogen and oxygen atoms in total. The zero-order valence-electron chi connectivity index (χ0n) is 15.3. The predicted molar refractivity (Wildman–Crippen MR) is 108 cm³/mol. The molecule has 0 aliphatic heterocycles. The standard InChI is InChI=1S/C20H26N2O3.ClH/c1-3-24-18-11-10-16(14-19(18)25-4-2)12-13-21-20(23)15-22-17-8-6-5-7-9-17;/h5-11,14,22H,3-4,12-13,15H2,1-2H3,(H,21,23);1H. The van der Waals surface area contributed by atoms with Crippen LogP contribution in [0.5, 0.6) is 11.5 Å². The number of halogens is 1. The second kappa shape index (κ2) is 12.0. The number of hydrogen-bond acceptors (Lipinski definition) is 4. The average Bonchev–Trinajstić information content (AvgIpc) is 2.63. The maximum absolute atomic E-state index is 11.9. The number of carbonyl (C=O) groups excluding carboxylic acids is 1. The van der Waals surface area contributed by atoms with Gasteiger partial charge in [-0.3, -0.25) is 4.79 Å². The maximum Gasteiger partial charge on any atom is 0.239 e. The lowest BCUT2D eigenvalue weighted by atomic mass is 10.1. The molecule has 0 heterocycles. The molecule has 6 heteroatoms. The summed E-state index contributed by atoms with van der Waals surface area (Å²) in [5.74, 6) is 1.47. The Labute approximate surface area is 161 Å². The highest BCUT2D eigenvalue weighted by molar-refractivity contribution is 5.85. The van der Waals surface area contributed by atoms with Gasteiger partial charge in [0.25, 0.3) is 0 Å². The lowest BCUT2D eigenvalue weighted by molar-refractivity contribution is -0.119. The molecule has 2 N–H and O–H groups in total. The number of nitrogens with one attached hydrogen (secondary N) is 2. The number of ether oxygens (including phenoxy) is 2. The van der Waals surface area contributed by atoms with Gasteiger partial charge in [-0.15, -0.1) is 12.4 Å². The Hall–Kier alpha value is -2.40. The van der Waals surface area contributed by atoms with Crippen LogP contribution in [0.4, 0.5) is 5.69 Å². The van der Waals surface area contributed by atoms with Crippen molar-refractivity contribution in [2.45, 2.75) is 20.3 Å². The molecule has 0 saturated heterocycles. The fourth-order valence-electron chi connectivity index (χ4n) is 2.40. The Bertz CT molecular complexity index is 665. The lowest BCUT2D eigenvalue weighted by Crippen LogP contribution is -2.31. The molecule has 0 unspecified atom stereocenters. The molecule has 142 valence electrons. The fourth-order valence-corrected chi connectivity index (χ4v) is 2.40. The summed E-state index contributed by atoms with van der Waals surface area (Å²) in [4.78, 5) is 11.9. The summed E-state index contributed by atoms with van der Waals surface area (Å²) in [5.41, 5.74) is 2.04. The normalized spacial score (nSPS) is 9.77. The molecule has 0 atom stereocenters. The third-order valence-electron chi connectivity index (χ3n) is 3.57. The first-order valence-electron chi connectivity index (χ1n) is 8.67. The van der Waals surface area contributed by atoms with E-state index < -0.39 is 0 Å². The van der Waals surface area contributed by atoms with Crippen LogP contribution in [0.1, 0.15) is 19.4 Å². The summed E-state index contributed by atoms with van der Waals surface area (Å²) in [5, 5.41) is 6.01. The number of carbonyl (C=O) groups is 1. The monoisotopic (exact) mass is 378 g/mol. The molecule has 0 aliphatic rings. The highest BCUT2D eigenvalue weighted by atomic mass is 35.5. The molecule has 0 radical (unpaired) electrons. The van der Waals surface area contributed by atoms with Gasteiger partial charge in [-0.05, 0) is 50.1 Å². The fraction of sp³-hybridized carbons (Fsp3) is 0.350. The van der Waals surface area contributed by atoms with Gasteiger partial charge in [-0.2, -0.15) is 0 Å². The minimum Gasteiger partial charge on any atom is -0.490 e. The van der Waals surface area contributed by atoms with E-state index in [4.69, 9.17) is 9.47 Å². The first-order chi connectivity index (χ1) is 12.2. The molecule has 2 aromatic carbocycles. The minimum absolute atomic E-state index is 0. The molecule has 0 saturated carbocycles. The summed E-state index contributed by atoms with van der Waals surface area (Å²) in [7, 11) is 0. The highest BCUT2D eigenvalue weighted by Gasteiger charge is 2.07. The second-order valence-electron chi connectivity index (χ2n) is 5.47. The Morgan fingerprint density at radius 2 is 1.65 bits per heavy atom. The van der Waals surface area contributed by atoms with Crippen LogP contribution in [0.2, 0.25) is 0 Å². The maximum atomic E-state index is 11.9. The number of rotatable bonds is 10. The van der Waals surface area contributed by atoms with E-state index in [1.54, 1.807) is 0 Å². The van der Waals surface area contributed by atoms with Gasteiger partial charge in [-0.25, -0.2) is 0 Å². The van der Waals surface area contributed by atoms with E-state index in [1.807, 2.05) is 62.4 Å². The summed E-state index contributed by atoms with van der Waals surface area (Å²) in [6.07, 6.45) is 0.740. The summed E-state index contributed by atoms with van der Waals surface area (Å²) >= 11 is 0. The van der Waals surface area contributed by atoms with E-state index in [0.29, 0.717) is 19.8 Å². The van der Waals surface area contributed by atoms with Gasteiger partial charge in [0.05, 0.1) is 19.8 Å². The quantitative estimate of drug-likeness (QED) is 0.662. The molecule has 0 fully saturated rings. The molecular formula is C20H27ClN2O3. The van der Waals surface area contributed by atoms with E-state index in [9.17, 15) is 4.79 Å². The van der Waals surface area contributed by atoms with Gasteiger partial charge in [0.2, 0.25) is 5.91 Å². The second-order valence-corrected chi connectivity index (χ2v) is 5.47. The summed E-state index contributed by atoms with van der Waals surface area (Å²) < 4.78 is 11.2. The van der Waals surface area contributed by atoms with Crippen LogP contribution < -0.4 is 20.1 Å². The number of hydrogen-bond donors (Lipinski definition) is 2. The van der Waals surface area contributed by atoms with Crippen LogP contribution in [0.3, 0.4) is 0 Å². The molecular weight excluding hydrogens is 352 g/mol. The van der Waals surface area contributed by atoms with Crippen molar-refractivity contribution >= 4 is 24.0 Å². The van der Waals surface area contributed by atoms with Crippen molar-refractivity contribution in [3.63, 3.8) is 0 Å². The van der Waals surface area contributed by atoms with Gasteiger partial charge in [0.1, 0.15) is 0 Å². The summed E-state index contributed by atoms with van der Waals surface area (Å²) in [6, 6.07) is 15.6. The van der Waals surface area contributed by atoms with E-state index in [-0.39, 0.29) is 24.9 Å². The van der Waals surface area contributed by atoms with Gasteiger partial charge < -0.3 is 20.1 Å². The number of anilines is 1. The molecule has 26 heavy (non-hydrogen) atoms. The van der Waals surface area contributed by atoms with Gasteiger partial charge in [0, 0.05) is 12.2 Å². The molecule has 0 aromatic heterocycles. The summed E-state index contributed by atoms with van der Waals surface area (Å²) in [6.45, 7) is 5.92. The first-order valence-corrected chi connectivity index (χ1v) is 8.67. The Kier molecular flexibility index (Phi) is 10.0. The molecule has 2 rings (SSSR count). The molecule has 1 amide bonds. The zero-order chi connectivity index (χ0) is 17.9. The van der Waals surface area contributed by atoms with Crippen molar-refractivity contribution in [2.24, 2.45) is 0 Å². The molecule has 0 spiro atoms. The van der Waals surface area contributed by atoms with Crippen LogP contribution >= 0.6 is 12.4 Å². The number of benzene rings is 2. The van der Waals surface area contributed by atoms with Crippen molar-refractivity contribution in [3.05, 3.63) is 54.1 Å². The number of amides is 1. The van der Waals surface area contributed by atoms with Gasteiger partial charge >= 0.3 is 0 Å². The van der Waals surface area contributed by atoms with Crippen LogP contribution in [-0.4, -0.2) is 32.2 Å². The van der Waals surface area contributed by atoms with Crippen molar-refractivity contribution in [3.8, 4) is 11.5 Å². The highest BCUT2D eigenvalue weighted by Crippen LogP contribution is 2.28. The zero-order valence-corrected chi connectivity index (χ0v) is 16.1. The van der Waals surface area contributed by atoms with Crippen molar-refractivity contribution in [1.29, 1.82) is 0 Å². The van der Waals surface area contributed by atoms with E-state index in [2.05, 4.69) is 10.6 Å². The lowest BCUT2D eigenvalue weighted by Gasteiger charge is -2.13. The minimum atomic E-state index is -0.0279. The predicted octanol–water partition coefficient (Wildman–Crippen LogP) is 3.68. The van der Waals surface area contributed by atoms with Crippen molar-refractivity contribution in [2.75, 3.05) is 31.6 Å². The van der Waals surface area contributed by atoms with Gasteiger partial charge in [-0.1, -0.05) is 24.3 Å². The largest absolute Gasteiger partial charge is 0.490 e. The Balaban J connectivity index is 0.00000338. The van der Waals surface area contributed by atoms with E-state index in [1.165, 1.54) is 0 Å². The smallest absolute Gasteiger partial charge is 0.239 e. The van der Waals surface area contributed by atoms with E-state index >= 15 is 0 Å². The average molecular weight is 379 g/mol. The van der Waals surface area contributed by atoms with Crippen molar-refractivity contribution < 1.29 is 14.3 Å². The third-order valence-corrected chi connectivity index (χ3v) is 3.57. The van der Waals surface area contributed by atoms with Crippen LogP contribution in [0, 0.1) is 0 Å². The Morgan fingerprint density at radius 1 is 0.962 bits per heavy atom. The Morgan fingerprint density at radius 3 is 2.35 bits per heavy atom. The topological polar surface area (TPSA) is 59.6 Å². The molecule has 0 bridgehead atoms. The number of para-hydroxylation sites is 1. The van der Waals surface area contributed by atoms with Gasteiger partial charge in [0.15, 0.2) is 11.5 Å². The van der Waals surface area contributed by atoms with E-state index in [0.717, 1.165) is 29.2 Å².